The van der Waals surface area contributed by atoms with Crippen molar-refractivity contribution in [3.63, 3.8) is 0 Å². The molecular formula is C11H17ClSi. The van der Waals surface area contributed by atoms with Crippen molar-refractivity contribution in [2.24, 2.45) is 0 Å². The first-order valence-corrected chi connectivity index (χ1v) is 8.31. The Hall–Kier alpha value is -0.273. The molecule has 0 heterocycles. The van der Waals surface area contributed by atoms with Gasteiger partial charge in [0.2, 0.25) is 0 Å². The van der Waals surface area contributed by atoms with E-state index >= 15 is 0 Å². The fourth-order valence-corrected chi connectivity index (χ4v) is 3.97. The molecule has 13 heavy (non-hydrogen) atoms. The minimum atomic E-state index is -1.62. The molecule has 0 amide bonds. The van der Waals surface area contributed by atoms with Gasteiger partial charge in [0.25, 0.3) is 0 Å². The van der Waals surface area contributed by atoms with Gasteiger partial charge in [-0.1, -0.05) is 43.7 Å². The topological polar surface area (TPSA) is 0 Å². The fraction of sp³-hybridized carbons (Fsp3) is 0.455. The Labute approximate surface area is 86.6 Å². The Balaban J connectivity index is 2.99. The smallest absolute Gasteiger partial charge is 0.161 e. The number of aryl methyl sites for hydroxylation is 1. The molecule has 0 fully saturated rings. The highest BCUT2D eigenvalue weighted by atomic mass is 35.6. The largest absolute Gasteiger partial charge is 0.186 e. The molecule has 72 valence electrons. The molecule has 0 unspecified atom stereocenters. The molecule has 1 aromatic carbocycles. The van der Waals surface area contributed by atoms with Crippen LogP contribution in [0.1, 0.15) is 19.4 Å². The van der Waals surface area contributed by atoms with E-state index in [-0.39, 0.29) is 0 Å². The lowest BCUT2D eigenvalue weighted by Crippen LogP contribution is -2.40. The number of benzene rings is 1. The maximum atomic E-state index is 6.62. The average Bonchev–Trinajstić information content (AvgIpc) is 2.18. The minimum absolute atomic E-state index is 1.12. The van der Waals surface area contributed by atoms with Crippen LogP contribution in [0.3, 0.4) is 0 Å². The van der Waals surface area contributed by atoms with E-state index < -0.39 is 7.38 Å². The van der Waals surface area contributed by atoms with Crippen molar-refractivity contribution in [2.75, 3.05) is 0 Å². The molecule has 0 saturated carbocycles. The van der Waals surface area contributed by atoms with Crippen LogP contribution in [0.25, 0.3) is 0 Å². The van der Waals surface area contributed by atoms with Gasteiger partial charge in [-0.15, -0.1) is 0 Å². The molecule has 1 rings (SSSR count). The second-order valence-corrected chi connectivity index (χ2v) is 9.63. The van der Waals surface area contributed by atoms with Crippen LogP contribution >= 0.6 is 11.1 Å². The van der Waals surface area contributed by atoms with E-state index in [1.807, 2.05) is 0 Å². The van der Waals surface area contributed by atoms with Crippen molar-refractivity contribution in [1.82, 2.24) is 0 Å². The molecule has 0 aliphatic rings. The van der Waals surface area contributed by atoms with Crippen LogP contribution in [0.4, 0.5) is 0 Å². The minimum Gasteiger partial charge on any atom is -0.161 e. The number of hydrogen-bond acceptors (Lipinski definition) is 0. The Bertz CT molecular complexity index is 262. The maximum absolute atomic E-state index is 6.62. The maximum Gasteiger partial charge on any atom is 0.186 e. The van der Waals surface area contributed by atoms with Crippen LogP contribution in [-0.2, 0) is 0 Å². The molecule has 0 atom stereocenters. The van der Waals surface area contributed by atoms with E-state index in [4.69, 9.17) is 11.1 Å². The second kappa shape index (κ2) is 4.29. The molecule has 0 nitrogen and oxygen atoms in total. The van der Waals surface area contributed by atoms with E-state index in [9.17, 15) is 0 Å². The predicted molar refractivity (Wildman–Crippen MR) is 63.4 cm³/mol. The quantitative estimate of drug-likeness (QED) is 0.532. The number of hydrogen-bond donors (Lipinski definition) is 0. The monoisotopic (exact) mass is 212 g/mol. The molecule has 0 aromatic heterocycles. The molecule has 0 N–H and O–H groups in total. The highest BCUT2D eigenvalue weighted by Crippen LogP contribution is 2.19. The van der Waals surface area contributed by atoms with Crippen LogP contribution in [0, 0.1) is 6.92 Å². The first-order valence-electron chi connectivity index (χ1n) is 4.88. The molecule has 0 radical (unpaired) electrons. The zero-order valence-corrected chi connectivity index (χ0v) is 10.4. The summed E-state index contributed by atoms with van der Waals surface area (Å²) in [5.74, 6) is 0. The lowest BCUT2D eigenvalue weighted by molar-refractivity contribution is 1.31. The van der Waals surface area contributed by atoms with Crippen molar-refractivity contribution in [1.29, 1.82) is 0 Å². The first kappa shape index (κ1) is 10.8. The predicted octanol–water partition coefficient (Wildman–Crippen LogP) is 3.43. The third-order valence-electron chi connectivity index (χ3n) is 2.69. The highest BCUT2D eigenvalue weighted by molar-refractivity contribution is 7.27. The summed E-state index contributed by atoms with van der Waals surface area (Å²) in [6.45, 7) is 6.50. The van der Waals surface area contributed by atoms with Crippen molar-refractivity contribution in [3.8, 4) is 0 Å². The van der Waals surface area contributed by atoms with Crippen LogP contribution in [0.2, 0.25) is 12.1 Å². The Morgan fingerprint density at radius 2 is 1.54 bits per heavy atom. The second-order valence-electron chi connectivity index (χ2n) is 3.54. The zero-order chi connectivity index (χ0) is 9.90. The van der Waals surface area contributed by atoms with Gasteiger partial charge in [0.15, 0.2) is 7.38 Å². The van der Waals surface area contributed by atoms with Crippen LogP contribution < -0.4 is 5.19 Å². The summed E-state index contributed by atoms with van der Waals surface area (Å²) < 4.78 is 0. The molecule has 0 aliphatic heterocycles. The Kier molecular flexibility index (Phi) is 3.57. The lowest BCUT2D eigenvalue weighted by atomic mass is 10.2. The first-order chi connectivity index (χ1) is 6.12. The van der Waals surface area contributed by atoms with E-state index in [2.05, 4.69) is 45.0 Å². The molecule has 0 aliphatic carbocycles. The standard InChI is InChI=1S/C11H17ClSi/c1-4-13(12,5-2)11-8-6-10(3)7-9-11/h6-9H,4-5H2,1-3H3. The highest BCUT2D eigenvalue weighted by Gasteiger charge is 2.28. The summed E-state index contributed by atoms with van der Waals surface area (Å²) >= 11 is 6.62. The summed E-state index contributed by atoms with van der Waals surface area (Å²) in [6.07, 6.45) is 0. The van der Waals surface area contributed by atoms with Gasteiger partial charge in [0, 0.05) is 0 Å². The van der Waals surface area contributed by atoms with Crippen LogP contribution in [0.5, 0.6) is 0 Å². The van der Waals surface area contributed by atoms with Gasteiger partial charge >= 0.3 is 0 Å². The summed E-state index contributed by atoms with van der Waals surface area (Å²) in [5.41, 5.74) is 1.31. The molecular weight excluding hydrogens is 196 g/mol. The zero-order valence-electron chi connectivity index (χ0n) is 8.60. The number of rotatable bonds is 3. The van der Waals surface area contributed by atoms with E-state index in [0.717, 1.165) is 12.1 Å². The van der Waals surface area contributed by atoms with Gasteiger partial charge < -0.3 is 0 Å². The van der Waals surface area contributed by atoms with Gasteiger partial charge in [-0.25, -0.2) is 0 Å². The third kappa shape index (κ3) is 2.35. The molecule has 2 heteroatoms. The fourth-order valence-electron chi connectivity index (χ4n) is 1.51. The normalized spacial score (nSPS) is 11.7. The van der Waals surface area contributed by atoms with Gasteiger partial charge in [-0.05, 0) is 24.2 Å². The summed E-state index contributed by atoms with van der Waals surface area (Å²) in [4.78, 5) is 0. The van der Waals surface area contributed by atoms with Crippen molar-refractivity contribution in [2.45, 2.75) is 32.9 Å². The van der Waals surface area contributed by atoms with E-state index in [1.54, 1.807) is 0 Å². The van der Waals surface area contributed by atoms with Gasteiger partial charge in [0.1, 0.15) is 0 Å². The SMILES string of the molecule is CC[Si](Cl)(CC)c1ccc(C)cc1. The molecule has 0 saturated heterocycles. The van der Waals surface area contributed by atoms with E-state index in [1.165, 1.54) is 10.8 Å². The summed E-state index contributed by atoms with van der Waals surface area (Å²) in [7, 11) is -1.62. The average molecular weight is 213 g/mol. The van der Waals surface area contributed by atoms with Crippen LogP contribution in [-0.4, -0.2) is 7.38 Å². The van der Waals surface area contributed by atoms with Crippen LogP contribution in [0.15, 0.2) is 24.3 Å². The van der Waals surface area contributed by atoms with Gasteiger partial charge in [-0.2, -0.15) is 11.1 Å². The van der Waals surface area contributed by atoms with Crippen molar-refractivity contribution in [3.05, 3.63) is 29.8 Å². The third-order valence-corrected chi connectivity index (χ3v) is 8.56. The molecule has 0 spiro atoms. The van der Waals surface area contributed by atoms with Gasteiger partial charge in [0.05, 0.1) is 0 Å². The Morgan fingerprint density at radius 3 is 1.92 bits per heavy atom. The van der Waals surface area contributed by atoms with Gasteiger partial charge in [-0.3, -0.25) is 0 Å². The van der Waals surface area contributed by atoms with E-state index in [0.29, 0.717) is 0 Å². The van der Waals surface area contributed by atoms with Crippen molar-refractivity contribution < 1.29 is 0 Å². The molecule has 0 bridgehead atoms. The Morgan fingerprint density at radius 1 is 1.08 bits per heavy atom. The lowest BCUT2D eigenvalue weighted by Gasteiger charge is -2.21. The number of halogens is 1. The van der Waals surface area contributed by atoms with Crippen molar-refractivity contribution >= 4 is 23.6 Å². The summed E-state index contributed by atoms with van der Waals surface area (Å²) in [6, 6.07) is 10.9. The molecule has 1 aromatic rings. The summed E-state index contributed by atoms with van der Waals surface area (Å²) in [5, 5.41) is 1.38.